The van der Waals surface area contributed by atoms with Crippen molar-refractivity contribution in [3.63, 3.8) is 0 Å². The van der Waals surface area contributed by atoms with Crippen molar-refractivity contribution in [3.05, 3.63) is 41.5 Å². The highest BCUT2D eigenvalue weighted by Crippen LogP contribution is 2.31. The number of hydrogen-bond acceptors (Lipinski definition) is 5. The Morgan fingerprint density at radius 2 is 1.80 bits per heavy atom. The van der Waals surface area contributed by atoms with Gasteiger partial charge in [0.05, 0.1) is 0 Å². The molecule has 2 aromatic rings. The van der Waals surface area contributed by atoms with Crippen molar-refractivity contribution in [1.82, 2.24) is 15.3 Å². The fraction of sp³-hybridized carbons (Fsp3) is 0.522. The Bertz CT molecular complexity index is 874. The Kier molecular flexibility index (Phi) is 6.37. The van der Waals surface area contributed by atoms with Gasteiger partial charge in [-0.05, 0) is 48.0 Å². The number of nitrogens with zero attached hydrogens (tertiary/aromatic N) is 4. The molecule has 160 valence electrons. The summed E-state index contributed by atoms with van der Waals surface area (Å²) in [4.78, 5) is 14.4. The van der Waals surface area contributed by atoms with Gasteiger partial charge in [-0.1, -0.05) is 45.0 Å². The van der Waals surface area contributed by atoms with Crippen LogP contribution in [0.15, 0.2) is 30.3 Å². The maximum absolute atomic E-state index is 5.48. The molecule has 1 aromatic carbocycles. The molecular formula is C23H32N6S. The van der Waals surface area contributed by atoms with Gasteiger partial charge in [0.1, 0.15) is 11.6 Å². The SMILES string of the molecule is CC(C)CNC(=S)Nc1nc(N2Cc3ccccc3C2)cc(N2CCC[C@H](C)C2)n1. The zero-order valence-electron chi connectivity index (χ0n) is 18.2. The number of aromatic nitrogens is 2. The van der Waals surface area contributed by atoms with Crippen molar-refractivity contribution in [2.45, 2.75) is 46.7 Å². The van der Waals surface area contributed by atoms with Crippen LogP contribution in [0.25, 0.3) is 0 Å². The minimum absolute atomic E-state index is 0.519. The smallest absolute Gasteiger partial charge is 0.232 e. The largest absolute Gasteiger partial charge is 0.362 e. The second kappa shape index (κ2) is 9.16. The van der Waals surface area contributed by atoms with Gasteiger partial charge in [-0.2, -0.15) is 9.97 Å². The molecule has 3 heterocycles. The summed E-state index contributed by atoms with van der Waals surface area (Å²) < 4.78 is 0. The average molecular weight is 425 g/mol. The van der Waals surface area contributed by atoms with Gasteiger partial charge in [0.2, 0.25) is 5.95 Å². The second-order valence-corrected chi connectivity index (χ2v) is 9.36. The lowest BCUT2D eigenvalue weighted by Gasteiger charge is -2.32. The van der Waals surface area contributed by atoms with Crippen LogP contribution in [-0.2, 0) is 13.1 Å². The first-order chi connectivity index (χ1) is 14.5. The van der Waals surface area contributed by atoms with E-state index in [1.165, 1.54) is 24.0 Å². The van der Waals surface area contributed by atoms with Crippen LogP contribution in [0.3, 0.4) is 0 Å². The van der Waals surface area contributed by atoms with Crippen LogP contribution in [-0.4, -0.2) is 34.7 Å². The fourth-order valence-corrected chi connectivity index (χ4v) is 4.31. The minimum Gasteiger partial charge on any atom is -0.362 e. The van der Waals surface area contributed by atoms with Gasteiger partial charge in [-0.3, -0.25) is 0 Å². The number of rotatable bonds is 5. The number of benzene rings is 1. The van der Waals surface area contributed by atoms with Gasteiger partial charge in [0.25, 0.3) is 0 Å². The summed E-state index contributed by atoms with van der Waals surface area (Å²) in [5.74, 6) is 3.70. The van der Waals surface area contributed by atoms with Crippen LogP contribution >= 0.6 is 12.2 Å². The minimum atomic E-state index is 0.519. The van der Waals surface area contributed by atoms with Crippen LogP contribution in [0.5, 0.6) is 0 Å². The molecule has 1 aromatic heterocycles. The van der Waals surface area contributed by atoms with Gasteiger partial charge >= 0.3 is 0 Å². The maximum atomic E-state index is 5.48. The summed E-state index contributed by atoms with van der Waals surface area (Å²) in [6, 6.07) is 10.8. The standard InChI is InChI=1S/C23H32N6S/c1-16(2)12-24-23(30)27-22-25-20(28-10-6-7-17(3)13-28)11-21(26-22)29-14-18-8-4-5-9-19(18)15-29/h4-5,8-9,11,16-17H,6-7,10,12-15H2,1-3H3,(H2,24,25,26,27,30)/t17-/m0/s1. The summed E-state index contributed by atoms with van der Waals surface area (Å²) >= 11 is 5.48. The van der Waals surface area contributed by atoms with Crippen molar-refractivity contribution in [2.24, 2.45) is 11.8 Å². The Balaban J connectivity index is 1.58. The van der Waals surface area contributed by atoms with E-state index in [9.17, 15) is 0 Å². The first-order valence-electron chi connectivity index (χ1n) is 11.0. The van der Waals surface area contributed by atoms with Crippen molar-refractivity contribution in [3.8, 4) is 0 Å². The van der Waals surface area contributed by atoms with Crippen LogP contribution in [0.1, 0.15) is 44.7 Å². The Labute approximate surface area is 185 Å². The molecule has 1 atom stereocenters. The molecule has 0 aliphatic carbocycles. The molecule has 0 spiro atoms. The molecule has 2 aliphatic heterocycles. The fourth-order valence-electron chi connectivity index (χ4n) is 4.14. The number of nitrogens with one attached hydrogen (secondary N) is 2. The topological polar surface area (TPSA) is 56.3 Å². The lowest BCUT2D eigenvalue weighted by Crippen LogP contribution is -2.36. The highest BCUT2D eigenvalue weighted by Gasteiger charge is 2.24. The Morgan fingerprint density at radius 1 is 1.13 bits per heavy atom. The number of piperidine rings is 1. The third kappa shape index (κ3) is 5.01. The Morgan fingerprint density at radius 3 is 2.43 bits per heavy atom. The van der Waals surface area contributed by atoms with E-state index < -0.39 is 0 Å². The molecule has 4 rings (SSSR count). The van der Waals surface area contributed by atoms with E-state index in [1.54, 1.807) is 0 Å². The van der Waals surface area contributed by atoms with Crippen molar-refractivity contribution < 1.29 is 0 Å². The van der Waals surface area contributed by atoms with E-state index in [0.717, 1.165) is 44.4 Å². The Hall–Kier alpha value is -2.41. The maximum Gasteiger partial charge on any atom is 0.232 e. The van der Waals surface area contributed by atoms with Gasteiger partial charge < -0.3 is 20.4 Å². The number of thiocarbonyl (C=S) groups is 1. The molecule has 0 amide bonds. The molecular weight excluding hydrogens is 392 g/mol. The van der Waals surface area contributed by atoms with E-state index >= 15 is 0 Å². The highest BCUT2D eigenvalue weighted by atomic mass is 32.1. The summed E-state index contributed by atoms with van der Waals surface area (Å²) in [5.41, 5.74) is 2.74. The zero-order valence-corrected chi connectivity index (χ0v) is 19.0. The molecule has 1 fully saturated rings. The lowest BCUT2D eigenvalue weighted by atomic mass is 10.0. The van der Waals surface area contributed by atoms with Crippen molar-refractivity contribution in [1.29, 1.82) is 0 Å². The molecule has 0 saturated carbocycles. The molecule has 6 nitrogen and oxygen atoms in total. The van der Waals surface area contributed by atoms with Gasteiger partial charge in [0, 0.05) is 38.8 Å². The predicted octanol–water partition coefficient (Wildman–Crippen LogP) is 4.18. The monoisotopic (exact) mass is 424 g/mol. The quantitative estimate of drug-likeness (QED) is 0.699. The van der Waals surface area contributed by atoms with Crippen LogP contribution in [0, 0.1) is 11.8 Å². The van der Waals surface area contributed by atoms with E-state index in [2.05, 4.69) is 71.5 Å². The third-order valence-electron chi connectivity index (χ3n) is 5.74. The first-order valence-corrected chi connectivity index (χ1v) is 11.4. The van der Waals surface area contributed by atoms with Crippen LogP contribution < -0.4 is 20.4 Å². The number of fused-ring (bicyclic) bond motifs is 1. The van der Waals surface area contributed by atoms with E-state index in [1.807, 2.05) is 0 Å². The van der Waals surface area contributed by atoms with Gasteiger partial charge in [0.15, 0.2) is 5.11 Å². The first kappa shape index (κ1) is 20.8. The van der Waals surface area contributed by atoms with Crippen LogP contribution in [0.4, 0.5) is 17.6 Å². The van der Waals surface area contributed by atoms with Gasteiger partial charge in [-0.25, -0.2) is 0 Å². The summed E-state index contributed by atoms with van der Waals surface area (Å²) in [6.45, 7) is 11.3. The predicted molar refractivity (Wildman–Crippen MR) is 128 cm³/mol. The zero-order chi connectivity index (χ0) is 21.1. The molecule has 30 heavy (non-hydrogen) atoms. The lowest BCUT2D eigenvalue weighted by molar-refractivity contribution is 0.444. The average Bonchev–Trinajstić information content (AvgIpc) is 3.16. The van der Waals surface area contributed by atoms with Gasteiger partial charge in [-0.15, -0.1) is 0 Å². The summed E-state index contributed by atoms with van der Waals surface area (Å²) in [5, 5.41) is 7.04. The molecule has 2 aliphatic rings. The second-order valence-electron chi connectivity index (χ2n) is 8.96. The van der Waals surface area contributed by atoms with E-state index in [0.29, 0.717) is 22.9 Å². The number of anilines is 3. The van der Waals surface area contributed by atoms with Crippen LogP contribution in [0.2, 0.25) is 0 Å². The van der Waals surface area contributed by atoms with E-state index in [4.69, 9.17) is 22.2 Å². The molecule has 0 bridgehead atoms. The third-order valence-corrected chi connectivity index (χ3v) is 5.99. The van der Waals surface area contributed by atoms with E-state index in [-0.39, 0.29) is 0 Å². The normalized spacial score (nSPS) is 18.5. The molecule has 0 unspecified atom stereocenters. The van der Waals surface area contributed by atoms with Crippen molar-refractivity contribution in [2.75, 3.05) is 34.8 Å². The molecule has 7 heteroatoms. The molecule has 2 N–H and O–H groups in total. The number of hydrogen-bond donors (Lipinski definition) is 2. The van der Waals surface area contributed by atoms with Crippen molar-refractivity contribution >= 4 is 34.9 Å². The molecule has 1 saturated heterocycles. The summed E-state index contributed by atoms with van der Waals surface area (Å²) in [6.07, 6.45) is 2.48. The highest BCUT2D eigenvalue weighted by molar-refractivity contribution is 7.80. The summed E-state index contributed by atoms with van der Waals surface area (Å²) in [7, 11) is 0. The molecule has 0 radical (unpaired) electrons.